The van der Waals surface area contributed by atoms with Crippen molar-refractivity contribution in [2.24, 2.45) is 0 Å². The molecule has 0 amide bonds. The predicted molar refractivity (Wildman–Crippen MR) is 90.0 cm³/mol. The van der Waals surface area contributed by atoms with Crippen LogP contribution >= 0.6 is 27.7 Å². The van der Waals surface area contributed by atoms with Crippen LogP contribution in [0.3, 0.4) is 0 Å². The van der Waals surface area contributed by atoms with E-state index in [0.29, 0.717) is 0 Å². The summed E-state index contributed by atoms with van der Waals surface area (Å²) >= 11 is 5.36. The summed E-state index contributed by atoms with van der Waals surface area (Å²) in [7, 11) is 0. The smallest absolute Gasteiger partial charge is 0.126 e. The third kappa shape index (κ3) is 3.44. The van der Waals surface area contributed by atoms with Crippen LogP contribution in [0.1, 0.15) is 29.7 Å². The molecule has 1 unspecified atom stereocenters. The van der Waals surface area contributed by atoms with Crippen molar-refractivity contribution in [1.82, 2.24) is 0 Å². The Morgan fingerprint density at radius 1 is 1.29 bits per heavy atom. The molecule has 3 rings (SSSR count). The van der Waals surface area contributed by atoms with Gasteiger partial charge < -0.3 is 9.84 Å². The molecule has 0 radical (unpaired) electrons. The molecule has 0 saturated carbocycles. The van der Waals surface area contributed by atoms with Crippen molar-refractivity contribution < 1.29 is 9.84 Å². The van der Waals surface area contributed by atoms with E-state index >= 15 is 0 Å². The Kier molecular flexibility index (Phi) is 4.57. The van der Waals surface area contributed by atoms with E-state index in [-0.39, 0.29) is 0 Å². The molecular weight excluding hydrogens is 348 g/mol. The monoisotopic (exact) mass is 364 g/mol. The molecule has 0 aliphatic carbocycles. The maximum absolute atomic E-state index is 9.53. The lowest BCUT2D eigenvalue weighted by molar-refractivity contribution is 0.199. The molecule has 0 spiro atoms. The lowest BCUT2D eigenvalue weighted by Gasteiger charge is -2.10. The molecule has 0 aromatic heterocycles. The largest absolute Gasteiger partial charge is 0.493 e. The maximum atomic E-state index is 9.53. The molecule has 2 aromatic rings. The fourth-order valence-electron chi connectivity index (χ4n) is 2.46. The molecule has 0 bridgehead atoms. The summed E-state index contributed by atoms with van der Waals surface area (Å²) in [6.07, 6.45) is 0.584. The molecule has 2 nitrogen and oxygen atoms in total. The molecule has 110 valence electrons. The van der Waals surface area contributed by atoms with Crippen molar-refractivity contribution in [1.29, 1.82) is 0 Å². The molecule has 0 fully saturated rings. The maximum Gasteiger partial charge on any atom is 0.126 e. The van der Waals surface area contributed by atoms with E-state index in [9.17, 15) is 5.11 Å². The Balaban J connectivity index is 1.73. The van der Waals surface area contributed by atoms with Gasteiger partial charge >= 0.3 is 0 Å². The number of halogens is 1. The number of thioether (sulfide) groups is 1. The van der Waals surface area contributed by atoms with Gasteiger partial charge in [-0.15, -0.1) is 11.8 Å². The minimum absolute atomic E-state index is 0.411. The zero-order valence-electron chi connectivity index (χ0n) is 11.8. The van der Waals surface area contributed by atoms with Crippen molar-refractivity contribution in [3.63, 3.8) is 0 Å². The highest BCUT2D eigenvalue weighted by atomic mass is 79.9. The van der Waals surface area contributed by atoms with Crippen LogP contribution in [0.15, 0.2) is 45.8 Å². The highest BCUT2D eigenvalue weighted by Crippen LogP contribution is 2.36. The van der Waals surface area contributed by atoms with E-state index in [1.165, 1.54) is 16.0 Å². The lowest BCUT2D eigenvalue weighted by Crippen LogP contribution is -1.91. The molecule has 1 N–H and O–H groups in total. The topological polar surface area (TPSA) is 29.5 Å². The average molecular weight is 365 g/mol. The molecule has 1 atom stereocenters. The summed E-state index contributed by atoms with van der Waals surface area (Å²) in [5.74, 6) is 1.95. The van der Waals surface area contributed by atoms with E-state index < -0.39 is 6.10 Å². The third-order valence-electron chi connectivity index (χ3n) is 3.58. The van der Waals surface area contributed by atoms with E-state index in [2.05, 4.69) is 40.2 Å². The molecule has 21 heavy (non-hydrogen) atoms. The second-order valence-corrected chi connectivity index (χ2v) is 7.15. The number of hydrogen-bond acceptors (Lipinski definition) is 3. The van der Waals surface area contributed by atoms with Crippen molar-refractivity contribution in [3.8, 4) is 5.75 Å². The summed E-state index contributed by atoms with van der Waals surface area (Å²) in [5.41, 5.74) is 3.48. The lowest BCUT2D eigenvalue weighted by atomic mass is 10.1. The Morgan fingerprint density at radius 2 is 2.05 bits per heavy atom. The predicted octanol–water partition coefficient (Wildman–Crippen LogP) is 4.73. The zero-order chi connectivity index (χ0) is 14.8. The minimum Gasteiger partial charge on any atom is -0.493 e. The van der Waals surface area contributed by atoms with E-state index in [1.54, 1.807) is 18.7 Å². The summed E-state index contributed by atoms with van der Waals surface area (Å²) in [6, 6.07) is 12.4. The van der Waals surface area contributed by atoms with Crippen LogP contribution in [-0.4, -0.2) is 11.7 Å². The van der Waals surface area contributed by atoms with Crippen molar-refractivity contribution in [3.05, 3.63) is 57.6 Å². The van der Waals surface area contributed by atoms with Gasteiger partial charge in [0, 0.05) is 27.1 Å². The Bertz CT molecular complexity index is 638. The van der Waals surface area contributed by atoms with Gasteiger partial charge in [0.25, 0.3) is 0 Å². The first-order chi connectivity index (χ1) is 10.1. The Labute approximate surface area is 137 Å². The Morgan fingerprint density at radius 3 is 2.76 bits per heavy atom. The van der Waals surface area contributed by atoms with Crippen LogP contribution < -0.4 is 4.74 Å². The van der Waals surface area contributed by atoms with Crippen molar-refractivity contribution >= 4 is 27.7 Å². The molecule has 0 saturated heterocycles. The number of rotatable bonds is 4. The number of ether oxygens (including phenoxy) is 1. The van der Waals surface area contributed by atoms with Gasteiger partial charge in [0.1, 0.15) is 5.75 Å². The Hall–Kier alpha value is -0.970. The van der Waals surface area contributed by atoms with E-state index in [1.807, 2.05) is 12.1 Å². The molecule has 2 aromatic carbocycles. The van der Waals surface area contributed by atoms with Crippen LogP contribution in [0.25, 0.3) is 0 Å². The van der Waals surface area contributed by atoms with Crippen LogP contribution in [0.5, 0.6) is 5.75 Å². The standard InChI is InChI=1S/C17H17BrO2S/c1-11(19)12-2-4-16(5-3-12)21-10-14-9-15(18)8-13-6-7-20-17(13)14/h2-5,8-9,11,19H,6-7,10H2,1H3. The van der Waals surface area contributed by atoms with Crippen molar-refractivity contribution in [2.75, 3.05) is 6.61 Å². The second kappa shape index (κ2) is 6.42. The number of aliphatic hydroxyl groups excluding tert-OH is 1. The summed E-state index contributed by atoms with van der Waals surface area (Å²) < 4.78 is 6.87. The first kappa shape index (κ1) is 14.9. The molecule has 1 heterocycles. The van der Waals surface area contributed by atoms with Crippen LogP contribution in [0.2, 0.25) is 0 Å². The van der Waals surface area contributed by atoms with Crippen molar-refractivity contribution in [2.45, 2.75) is 30.1 Å². The van der Waals surface area contributed by atoms with Gasteiger partial charge in [0.15, 0.2) is 0 Å². The van der Waals surface area contributed by atoms with Gasteiger partial charge in [-0.1, -0.05) is 28.1 Å². The summed E-state index contributed by atoms with van der Waals surface area (Å²) in [4.78, 5) is 1.20. The fraction of sp³-hybridized carbons (Fsp3) is 0.294. The normalized spacial score (nSPS) is 14.6. The van der Waals surface area contributed by atoms with E-state index in [4.69, 9.17) is 4.74 Å². The number of fused-ring (bicyclic) bond motifs is 1. The third-order valence-corrected chi connectivity index (χ3v) is 5.10. The van der Waals surface area contributed by atoms with Gasteiger partial charge in [-0.3, -0.25) is 0 Å². The van der Waals surface area contributed by atoms with Gasteiger partial charge in [-0.2, -0.15) is 0 Å². The number of benzene rings is 2. The highest BCUT2D eigenvalue weighted by Gasteiger charge is 2.17. The summed E-state index contributed by atoms with van der Waals surface area (Å²) in [5, 5.41) is 9.53. The second-order valence-electron chi connectivity index (χ2n) is 5.19. The van der Waals surface area contributed by atoms with Crippen LogP contribution in [0, 0.1) is 0 Å². The SMILES string of the molecule is CC(O)c1ccc(SCc2cc(Br)cc3c2OCC3)cc1. The quantitative estimate of drug-likeness (QED) is 0.795. The van der Waals surface area contributed by atoms with E-state index in [0.717, 1.165) is 34.6 Å². The number of aliphatic hydroxyl groups is 1. The molecule has 1 aliphatic heterocycles. The average Bonchev–Trinajstić information content (AvgIpc) is 2.93. The van der Waals surface area contributed by atoms with Crippen LogP contribution in [-0.2, 0) is 12.2 Å². The van der Waals surface area contributed by atoms with Gasteiger partial charge in [-0.25, -0.2) is 0 Å². The van der Waals surface area contributed by atoms with Gasteiger partial charge in [-0.05, 0) is 42.3 Å². The molecular formula is C17H17BrO2S. The molecule has 4 heteroatoms. The number of hydrogen-bond donors (Lipinski definition) is 1. The van der Waals surface area contributed by atoms with Crippen LogP contribution in [0.4, 0.5) is 0 Å². The molecule has 1 aliphatic rings. The fourth-order valence-corrected chi connectivity index (χ4v) is 3.87. The first-order valence-corrected chi connectivity index (χ1v) is 8.76. The van der Waals surface area contributed by atoms with Gasteiger partial charge in [0.2, 0.25) is 0 Å². The highest BCUT2D eigenvalue weighted by molar-refractivity contribution is 9.10. The van der Waals surface area contributed by atoms with Gasteiger partial charge in [0.05, 0.1) is 12.7 Å². The first-order valence-electron chi connectivity index (χ1n) is 6.98. The summed E-state index contributed by atoms with van der Waals surface area (Å²) in [6.45, 7) is 2.57. The minimum atomic E-state index is -0.411. The zero-order valence-corrected chi connectivity index (χ0v) is 14.2.